The third-order valence-electron chi connectivity index (χ3n) is 3.44. The fourth-order valence-corrected chi connectivity index (χ4v) is 2.53. The largest absolute Gasteiger partial charge is 0.414 e. The van der Waals surface area contributed by atoms with E-state index >= 15 is 0 Å². The molecule has 118 valence electrons. The Balaban J connectivity index is 1.56. The SMILES string of the molecule is Clc1cccc(Cn2cc(-c3nnc(-c4ccccc4)o3)nn2)c1. The molecule has 4 rings (SSSR count). The lowest BCUT2D eigenvalue weighted by Crippen LogP contribution is -2.00. The van der Waals surface area contributed by atoms with Gasteiger partial charge in [0, 0.05) is 10.6 Å². The topological polar surface area (TPSA) is 69.6 Å². The Bertz CT molecular complexity index is 964. The summed E-state index contributed by atoms with van der Waals surface area (Å²) < 4.78 is 7.38. The van der Waals surface area contributed by atoms with E-state index in [9.17, 15) is 0 Å². The Labute approximate surface area is 142 Å². The maximum Gasteiger partial charge on any atom is 0.270 e. The van der Waals surface area contributed by atoms with Crippen LogP contribution < -0.4 is 0 Å². The molecular weight excluding hydrogens is 326 g/mol. The number of hydrogen-bond donors (Lipinski definition) is 0. The van der Waals surface area contributed by atoms with Crippen LogP contribution in [0.2, 0.25) is 5.02 Å². The van der Waals surface area contributed by atoms with Crippen LogP contribution in [0.3, 0.4) is 0 Å². The highest BCUT2D eigenvalue weighted by Gasteiger charge is 2.13. The van der Waals surface area contributed by atoms with E-state index < -0.39 is 0 Å². The van der Waals surface area contributed by atoms with Crippen LogP contribution in [-0.4, -0.2) is 25.2 Å². The Morgan fingerprint density at radius 1 is 0.917 bits per heavy atom. The molecule has 0 aliphatic carbocycles. The van der Waals surface area contributed by atoms with Crippen LogP contribution in [0.4, 0.5) is 0 Å². The van der Waals surface area contributed by atoms with Crippen molar-refractivity contribution in [2.45, 2.75) is 6.54 Å². The van der Waals surface area contributed by atoms with Crippen LogP contribution in [-0.2, 0) is 6.54 Å². The van der Waals surface area contributed by atoms with Gasteiger partial charge in [0.25, 0.3) is 5.89 Å². The van der Waals surface area contributed by atoms with Gasteiger partial charge < -0.3 is 4.42 Å². The summed E-state index contributed by atoms with van der Waals surface area (Å²) in [6.45, 7) is 0.563. The van der Waals surface area contributed by atoms with Crippen molar-refractivity contribution in [1.82, 2.24) is 25.2 Å². The summed E-state index contributed by atoms with van der Waals surface area (Å²) in [5.74, 6) is 0.793. The van der Waals surface area contributed by atoms with Gasteiger partial charge in [-0.2, -0.15) is 0 Å². The van der Waals surface area contributed by atoms with Gasteiger partial charge in [0.2, 0.25) is 5.89 Å². The highest BCUT2D eigenvalue weighted by atomic mass is 35.5. The Hall–Kier alpha value is -2.99. The molecule has 2 aromatic heterocycles. The molecule has 0 spiro atoms. The number of rotatable bonds is 4. The molecule has 0 N–H and O–H groups in total. The molecule has 0 unspecified atom stereocenters. The molecule has 0 bridgehead atoms. The smallest absolute Gasteiger partial charge is 0.270 e. The molecular formula is C17H12ClN5O. The lowest BCUT2D eigenvalue weighted by molar-refractivity contribution is 0.582. The van der Waals surface area contributed by atoms with Gasteiger partial charge in [-0.1, -0.05) is 47.1 Å². The molecule has 0 fully saturated rings. The lowest BCUT2D eigenvalue weighted by Gasteiger charge is -2.00. The van der Waals surface area contributed by atoms with Crippen LogP contribution in [0, 0.1) is 0 Å². The fraction of sp³-hybridized carbons (Fsp3) is 0.0588. The number of nitrogens with zero attached hydrogens (tertiary/aromatic N) is 5. The second-order valence-electron chi connectivity index (χ2n) is 5.21. The Morgan fingerprint density at radius 2 is 1.75 bits per heavy atom. The van der Waals surface area contributed by atoms with Gasteiger partial charge in [0.1, 0.15) is 0 Å². The van der Waals surface area contributed by atoms with E-state index in [2.05, 4.69) is 20.5 Å². The van der Waals surface area contributed by atoms with E-state index in [1.54, 1.807) is 10.9 Å². The number of aromatic nitrogens is 5. The quantitative estimate of drug-likeness (QED) is 0.568. The maximum atomic E-state index is 5.99. The number of hydrogen-bond acceptors (Lipinski definition) is 5. The minimum absolute atomic E-state index is 0.339. The molecule has 0 saturated heterocycles. The van der Waals surface area contributed by atoms with E-state index in [0.717, 1.165) is 11.1 Å². The summed E-state index contributed by atoms with van der Waals surface area (Å²) in [5.41, 5.74) is 2.43. The van der Waals surface area contributed by atoms with Crippen molar-refractivity contribution in [1.29, 1.82) is 0 Å². The second kappa shape index (κ2) is 6.25. The fourth-order valence-electron chi connectivity index (χ4n) is 2.32. The van der Waals surface area contributed by atoms with Crippen LogP contribution in [0.25, 0.3) is 23.0 Å². The van der Waals surface area contributed by atoms with E-state index in [4.69, 9.17) is 16.0 Å². The van der Waals surface area contributed by atoms with E-state index in [1.807, 2.05) is 54.6 Å². The molecule has 0 radical (unpaired) electrons. The first-order chi connectivity index (χ1) is 11.8. The zero-order chi connectivity index (χ0) is 16.4. The summed E-state index contributed by atoms with van der Waals surface area (Å²) in [6, 6.07) is 17.2. The van der Waals surface area contributed by atoms with Crippen molar-refractivity contribution >= 4 is 11.6 Å². The van der Waals surface area contributed by atoms with Crippen molar-refractivity contribution in [3.63, 3.8) is 0 Å². The molecule has 2 aromatic carbocycles. The van der Waals surface area contributed by atoms with Crippen molar-refractivity contribution in [2.75, 3.05) is 0 Å². The summed E-state index contributed by atoms with van der Waals surface area (Å²) in [4.78, 5) is 0. The third kappa shape index (κ3) is 3.04. The van der Waals surface area contributed by atoms with E-state index in [0.29, 0.717) is 29.0 Å². The molecule has 4 aromatic rings. The first kappa shape index (κ1) is 14.6. The maximum absolute atomic E-state index is 5.99. The van der Waals surface area contributed by atoms with Crippen molar-refractivity contribution in [2.24, 2.45) is 0 Å². The summed E-state index contributed by atoms with van der Waals surface area (Å²) >= 11 is 5.99. The Kier molecular flexibility index (Phi) is 3.80. The van der Waals surface area contributed by atoms with Crippen LogP contribution in [0.5, 0.6) is 0 Å². The van der Waals surface area contributed by atoms with Crippen LogP contribution in [0.1, 0.15) is 5.56 Å². The average Bonchev–Trinajstić information content (AvgIpc) is 3.25. The van der Waals surface area contributed by atoms with E-state index in [-0.39, 0.29) is 0 Å². The molecule has 7 heteroatoms. The molecule has 6 nitrogen and oxygen atoms in total. The second-order valence-corrected chi connectivity index (χ2v) is 5.65. The van der Waals surface area contributed by atoms with Crippen LogP contribution in [0.15, 0.2) is 65.2 Å². The molecule has 0 aliphatic rings. The van der Waals surface area contributed by atoms with Crippen molar-refractivity contribution in [3.8, 4) is 23.0 Å². The summed E-state index contributed by atoms with van der Waals surface area (Å²) in [5, 5.41) is 17.0. The first-order valence-corrected chi connectivity index (χ1v) is 7.69. The minimum Gasteiger partial charge on any atom is -0.414 e. The monoisotopic (exact) mass is 337 g/mol. The zero-order valence-electron chi connectivity index (χ0n) is 12.5. The van der Waals surface area contributed by atoms with Gasteiger partial charge in [0.15, 0.2) is 5.69 Å². The van der Waals surface area contributed by atoms with Gasteiger partial charge in [-0.15, -0.1) is 15.3 Å². The molecule has 0 aliphatic heterocycles. The Morgan fingerprint density at radius 3 is 2.58 bits per heavy atom. The lowest BCUT2D eigenvalue weighted by atomic mass is 10.2. The summed E-state index contributed by atoms with van der Waals surface area (Å²) in [7, 11) is 0. The normalized spacial score (nSPS) is 10.9. The predicted octanol–water partition coefficient (Wildman–Crippen LogP) is 3.70. The number of benzene rings is 2. The van der Waals surface area contributed by atoms with Gasteiger partial charge >= 0.3 is 0 Å². The molecule has 0 amide bonds. The molecule has 0 saturated carbocycles. The van der Waals surface area contributed by atoms with Gasteiger partial charge in [0.05, 0.1) is 12.7 Å². The minimum atomic E-state index is 0.339. The van der Waals surface area contributed by atoms with E-state index in [1.165, 1.54) is 0 Å². The molecule has 24 heavy (non-hydrogen) atoms. The standard InChI is InChI=1S/C17H12ClN5O/c18-14-8-4-5-12(9-14)10-23-11-15(19-22-23)17-21-20-16(24-17)13-6-2-1-3-7-13/h1-9,11H,10H2. The predicted molar refractivity (Wildman–Crippen MR) is 89.3 cm³/mol. The van der Waals surface area contributed by atoms with Gasteiger partial charge in [-0.3, -0.25) is 0 Å². The zero-order valence-corrected chi connectivity index (χ0v) is 13.3. The highest BCUT2D eigenvalue weighted by molar-refractivity contribution is 6.30. The van der Waals surface area contributed by atoms with Crippen LogP contribution >= 0.6 is 11.6 Å². The highest BCUT2D eigenvalue weighted by Crippen LogP contribution is 2.22. The molecule has 2 heterocycles. The van der Waals surface area contributed by atoms with Crippen molar-refractivity contribution < 1.29 is 4.42 Å². The first-order valence-electron chi connectivity index (χ1n) is 7.32. The summed E-state index contributed by atoms with van der Waals surface area (Å²) in [6.07, 6.45) is 1.77. The van der Waals surface area contributed by atoms with Crippen molar-refractivity contribution in [3.05, 3.63) is 71.4 Å². The van der Waals surface area contributed by atoms with Gasteiger partial charge in [-0.25, -0.2) is 4.68 Å². The third-order valence-corrected chi connectivity index (χ3v) is 3.67. The average molecular weight is 338 g/mol. The van der Waals surface area contributed by atoms with Gasteiger partial charge in [-0.05, 0) is 29.8 Å². The number of halogens is 1. The molecule has 0 atom stereocenters.